The van der Waals surface area contributed by atoms with E-state index in [-0.39, 0.29) is 0 Å². The Labute approximate surface area is 119 Å². The fourth-order valence-electron chi connectivity index (χ4n) is 1.05. The molecule has 2 rings (SSSR count). The molecule has 0 N–H and O–H groups in total. The van der Waals surface area contributed by atoms with Crippen LogP contribution in [0.2, 0.25) is 0 Å². The summed E-state index contributed by atoms with van der Waals surface area (Å²) in [6.45, 7) is 0. The summed E-state index contributed by atoms with van der Waals surface area (Å²) in [6.07, 6.45) is 3.31. The lowest BCUT2D eigenvalue weighted by Crippen LogP contribution is -2.02. The van der Waals surface area contributed by atoms with Gasteiger partial charge >= 0.3 is 0 Å². The van der Waals surface area contributed by atoms with Crippen molar-refractivity contribution in [1.82, 2.24) is 19.9 Å². The van der Waals surface area contributed by atoms with Gasteiger partial charge in [0.05, 0.1) is 7.11 Å². The predicted molar refractivity (Wildman–Crippen MR) is 75.0 cm³/mol. The molecule has 0 aromatic carbocycles. The summed E-state index contributed by atoms with van der Waals surface area (Å²) in [5, 5.41) is 0. The van der Waals surface area contributed by atoms with Gasteiger partial charge in [-0.15, -0.1) is 0 Å². The number of methoxy groups -OCH3 is 1. The van der Waals surface area contributed by atoms with E-state index in [1.807, 2.05) is 0 Å². The Morgan fingerprint density at radius 1 is 1.06 bits per heavy atom. The van der Waals surface area contributed by atoms with Crippen molar-refractivity contribution in [2.75, 3.05) is 7.11 Å². The minimum Gasteiger partial charge on any atom is -0.480 e. The van der Waals surface area contributed by atoms with Crippen molar-refractivity contribution in [2.24, 2.45) is 0 Å². The van der Waals surface area contributed by atoms with Crippen LogP contribution < -0.4 is 4.74 Å². The lowest BCUT2D eigenvalue weighted by molar-refractivity contribution is 0.393. The van der Waals surface area contributed by atoms with E-state index < -0.39 is 0 Å². The standard InChI is InChI=1S/C9H6I2N4O/c1-16-9-5(10)6(11)14-8(15-9)7-12-3-2-4-13-7/h2-4H,1H3. The van der Waals surface area contributed by atoms with Crippen molar-refractivity contribution in [2.45, 2.75) is 0 Å². The van der Waals surface area contributed by atoms with Gasteiger partial charge in [0, 0.05) is 12.4 Å². The second-order valence-electron chi connectivity index (χ2n) is 2.73. The van der Waals surface area contributed by atoms with Gasteiger partial charge in [-0.3, -0.25) is 0 Å². The van der Waals surface area contributed by atoms with E-state index in [9.17, 15) is 0 Å². The van der Waals surface area contributed by atoms with Crippen LogP contribution in [-0.2, 0) is 0 Å². The molecule has 82 valence electrons. The molecule has 2 aromatic heterocycles. The summed E-state index contributed by atoms with van der Waals surface area (Å²) in [7, 11) is 1.58. The van der Waals surface area contributed by atoms with Gasteiger partial charge in [0.2, 0.25) is 11.7 Å². The molecule has 0 bridgehead atoms. The largest absolute Gasteiger partial charge is 0.480 e. The van der Waals surface area contributed by atoms with E-state index in [0.717, 1.165) is 7.27 Å². The Hall–Kier alpha value is -0.580. The summed E-state index contributed by atoms with van der Waals surface area (Å²) < 4.78 is 6.88. The molecule has 0 unspecified atom stereocenters. The summed E-state index contributed by atoms with van der Waals surface area (Å²) in [4.78, 5) is 16.8. The lowest BCUT2D eigenvalue weighted by Gasteiger charge is -2.05. The van der Waals surface area contributed by atoms with Crippen LogP contribution in [0, 0.1) is 7.27 Å². The zero-order valence-electron chi connectivity index (χ0n) is 8.19. The zero-order valence-corrected chi connectivity index (χ0v) is 12.5. The first-order valence-corrected chi connectivity index (χ1v) is 6.42. The van der Waals surface area contributed by atoms with E-state index >= 15 is 0 Å². The zero-order chi connectivity index (χ0) is 11.5. The van der Waals surface area contributed by atoms with Gasteiger partial charge in [-0.1, -0.05) is 0 Å². The highest BCUT2D eigenvalue weighted by atomic mass is 127. The Bertz CT molecular complexity index is 506. The highest BCUT2D eigenvalue weighted by Crippen LogP contribution is 2.24. The molecule has 16 heavy (non-hydrogen) atoms. The van der Waals surface area contributed by atoms with Crippen LogP contribution in [-0.4, -0.2) is 27.0 Å². The number of nitrogens with zero attached hydrogens (tertiary/aromatic N) is 4. The Kier molecular flexibility index (Phi) is 3.84. The number of halogens is 2. The molecule has 2 aromatic rings. The molecule has 0 radical (unpaired) electrons. The van der Waals surface area contributed by atoms with Gasteiger partial charge in [0.15, 0.2) is 5.82 Å². The summed E-state index contributed by atoms with van der Waals surface area (Å²) >= 11 is 4.27. The molecular weight excluding hydrogens is 434 g/mol. The van der Waals surface area contributed by atoms with E-state index in [0.29, 0.717) is 17.5 Å². The van der Waals surface area contributed by atoms with E-state index in [1.54, 1.807) is 25.6 Å². The minimum atomic E-state index is 0.474. The van der Waals surface area contributed by atoms with Crippen LogP contribution in [0.1, 0.15) is 0 Å². The molecule has 2 heterocycles. The maximum absolute atomic E-state index is 5.17. The topological polar surface area (TPSA) is 60.8 Å². The number of ether oxygens (including phenoxy) is 1. The summed E-state index contributed by atoms with van der Waals surface area (Å²) in [6, 6.07) is 1.75. The van der Waals surface area contributed by atoms with Crippen LogP contribution in [0.5, 0.6) is 5.88 Å². The molecule has 0 fully saturated rings. The lowest BCUT2D eigenvalue weighted by atomic mass is 10.5. The molecular formula is C9H6I2N4O. The molecule has 5 nitrogen and oxygen atoms in total. The first kappa shape index (κ1) is 11.9. The molecule has 0 atom stereocenters. The highest BCUT2D eigenvalue weighted by molar-refractivity contribution is 14.1. The maximum Gasteiger partial charge on any atom is 0.231 e. The van der Waals surface area contributed by atoms with Gasteiger partial charge < -0.3 is 4.74 Å². The van der Waals surface area contributed by atoms with Gasteiger partial charge in [-0.2, -0.15) is 4.98 Å². The Balaban J connectivity index is 2.55. The number of hydrogen-bond acceptors (Lipinski definition) is 5. The van der Waals surface area contributed by atoms with Gasteiger partial charge in [-0.25, -0.2) is 15.0 Å². The van der Waals surface area contributed by atoms with Gasteiger partial charge in [0.1, 0.15) is 7.27 Å². The van der Waals surface area contributed by atoms with Crippen molar-refractivity contribution in [3.63, 3.8) is 0 Å². The monoisotopic (exact) mass is 440 g/mol. The average molecular weight is 440 g/mol. The third-order valence-corrected chi connectivity index (χ3v) is 4.52. The highest BCUT2D eigenvalue weighted by Gasteiger charge is 2.13. The predicted octanol–water partition coefficient (Wildman–Crippen LogP) is 2.15. The Morgan fingerprint density at radius 3 is 2.38 bits per heavy atom. The number of aromatic nitrogens is 4. The fraction of sp³-hybridized carbons (Fsp3) is 0.111. The second kappa shape index (κ2) is 5.17. The van der Waals surface area contributed by atoms with Crippen LogP contribution >= 0.6 is 45.2 Å². The molecule has 0 saturated carbocycles. The van der Waals surface area contributed by atoms with Crippen molar-refractivity contribution in [3.8, 4) is 17.5 Å². The number of hydrogen-bond donors (Lipinski definition) is 0. The van der Waals surface area contributed by atoms with E-state index in [2.05, 4.69) is 65.1 Å². The smallest absolute Gasteiger partial charge is 0.231 e. The summed E-state index contributed by atoms with van der Waals surface area (Å²) in [5.74, 6) is 1.51. The molecule has 0 aliphatic heterocycles. The van der Waals surface area contributed by atoms with Crippen LogP contribution in [0.3, 0.4) is 0 Å². The quantitative estimate of drug-likeness (QED) is 0.530. The van der Waals surface area contributed by atoms with Crippen LogP contribution in [0.25, 0.3) is 11.6 Å². The van der Waals surface area contributed by atoms with E-state index in [1.165, 1.54) is 0 Å². The molecule has 0 aliphatic carbocycles. The molecule has 0 amide bonds. The SMILES string of the molecule is COc1nc(-c2ncccn2)nc(I)c1I. The van der Waals surface area contributed by atoms with E-state index in [4.69, 9.17) is 4.74 Å². The van der Waals surface area contributed by atoms with Gasteiger partial charge in [-0.05, 0) is 51.2 Å². The molecule has 0 aliphatic rings. The fourth-order valence-corrected chi connectivity index (χ4v) is 1.97. The van der Waals surface area contributed by atoms with Crippen molar-refractivity contribution in [3.05, 3.63) is 25.7 Å². The van der Waals surface area contributed by atoms with Crippen LogP contribution in [0.4, 0.5) is 0 Å². The van der Waals surface area contributed by atoms with Crippen molar-refractivity contribution < 1.29 is 4.74 Å². The normalized spacial score (nSPS) is 10.2. The van der Waals surface area contributed by atoms with Gasteiger partial charge in [0.25, 0.3) is 0 Å². The second-order valence-corrected chi connectivity index (χ2v) is 4.83. The molecule has 0 saturated heterocycles. The summed E-state index contributed by atoms with van der Waals surface area (Å²) in [5.41, 5.74) is 0. The number of rotatable bonds is 2. The first-order chi connectivity index (χ1) is 7.72. The average Bonchev–Trinajstić information content (AvgIpc) is 2.33. The minimum absolute atomic E-state index is 0.474. The maximum atomic E-state index is 5.17. The third kappa shape index (κ3) is 2.39. The van der Waals surface area contributed by atoms with Crippen molar-refractivity contribution in [1.29, 1.82) is 0 Å². The molecule has 7 heteroatoms. The van der Waals surface area contributed by atoms with Crippen LogP contribution in [0.15, 0.2) is 18.5 Å². The third-order valence-electron chi connectivity index (χ3n) is 1.74. The molecule has 0 spiro atoms. The first-order valence-electron chi connectivity index (χ1n) is 4.27. The Morgan fingerprint density at radius 2 is 1.75 bits per heavy atom. The van der Waals surface area contributed by atoms with Crippen molar-refractivity contribution >= 4 is 45.2 Å².